The smallest absolute Gasteiger partial charge is 0.326 e. The van der Waals surface area contributed by atoms with Gasteiger partial charge < -0.3 is 10.0 Å². The van der Waals surface area contributed by atoms with Crippen LogP contribution in [0.15, 0.2) is 24.3 Å². The van der Waals surface area contributed by atoms with Crippen molar-refractivity contribution in [1.29, 1.82) is 0 Å². The lowest BCUT2D eigenvalue weighted by atomic mass is 9.99. The van der Waals surface area contributed by atoms with Gasteiger partial charge in [0, 0.05) is 17.5 Å². The number of likely N-dealkylation sites (tertiary alicyclic amines) is 1. The topological polar surface area (TPSA) is 57.6 Å². The number of carboxylic acids is 1. The van der Waals surface area contributed by atoms with E-state index in [2.05, 4.69) is 0 Å². The average Bonchev–Trinajstić information content (AvgIpc) is 2.89. The first-order valence-electron chi connectivity index (χ1n) is 6.77. The molecule has 1 N–H and O–H groups in total. The summed E-state index contributed by atoms with van der Waals surface area (Å²) in [4.78, 5) is 25.0. The Bertz CT molecular complexity index is 518. The van der Waals surface area contributed by atoms with Gasteiger partial charge in [-0.1, -0.05) is 36.7 Å². The maximum absolute atomic E-state index is 12.4. The van der Waals surface area contributed by atoms with E-state index in [1.54, 1.807) is 6.07 Å². The van der Waals surface area contributed by atoms with Crippen molar-refractivity contribution in [2.24, 2.45) is 5.92 Å². The van der Waals surface area contributed by atoms with Crippen LogP contribution in [0.3, 0.4) is 0 Å². The third kappa shape index (κ3) is 3.12. The van der Waals surface area contributed by atoms with Gasteiger partial charge in [0.25, 0.3) is 0 Å². The second-order valence-corrected chi connectivity index (χ2v) is 5.63. The molecule has 4 nitrogen and oxygen atoms in total. The molecule has 0 bridgehead atoms. The van der Waals surface area contributed by atoms with E-state index >= 15 is 0 Å². The van der Waals surface area contributed by atoms with Gasteiger partial charge in [-0.2, -0.15) is 0 Å². The molecule has 1 aromatic carbocycles. The Morgan fingerprint density at radius 3 is 2.80 bits per heavy atom. The third-order valence-corrected chi connectivity index (χ3v) is 4.10. The predicted octanol–water partition coefficient (Wildman–Crippen LogP) is 2.59. The number of benzene rings is 1. The molecule has 0 aliphatic carbocycles. The van der Waals surface area contributed by atoms with Gasteiger partial charge in [-0.15, -0.1) is 0 Å². The Labute approximate surface area is 123 Å². The number of carboxylic acid groups (broad SMARTS) is 1. The zero-order valence-electron chi connectivity index (χ0n) is 11.4. The fourth-order valence-corrected chi connectivity index (χ4v) is 2.86. The summed E-state index contributed by atoms with van der Waals surface area (Å²) in [6, 6.07) is 6.75. The van der Waals surface area contributed by atoms with Crippen LogP contribution in [0.4, 0.5) is 0 Å². The number of nitrogens with zero attached hydrogens (tertiary/aromatic N) is 1. The van der Waals surface area contributed by atoms with E-state index in [1.165, 1.54) is 4.90 Å². The summed E-state index contributed by atoms with van der Waals surface area (Å²) in [7, 11) is 0. The van der Waals surface area contributed by atoms with Crippen LogP contribution in [0, 0.1) is 5.92 Å². The van der Waals surface area contributed by atoms with E-state index in [0.717, 1.165) is 12.0 Å². The molecule has 5 heteroatoms. The molecular formula is C15H18ClNO3. The van der Waals surface area contributed by atoms with Crippen LogP contribution in [-0.2, 0) is 16.0 Å². The Morgan fingerprint density at radius 1 is 1.45 bits per heavy atom. The quantitative estimate of drug-likeness (QED) is 0.929. The summed E-state index contributed by atoms with van der Waals surface area (Å²) in [6.07, 6.45) is 1.82. The van der Waals surface area contributed by atoms with Gasteiger partial charge in [0.05, 0.1) is 0 Å². The summed E-state index contributed by atoms with van der Waals surface area (Å²) in [6.45, 7) is 2.35. The zero-order valence-corrected chi connectivity index (χ0v) is 12.1. The number of halogens is 1. The van der Waals surface area contributed by atoms with Crippen molar-refractivity contribution < 1.29 is 14.7 Å². The number of rotatable bonds is 4. The Kier molecular flexibility index (Phi) is 4.65. The molecule has 0 radical (unpaired) electrons. The second kappa shape index (κ2) is 6.27. The van der Waals surface area contributed by atoms with E-state index in [4.69, 9.17) is 16.7 Å². The standard InChI is InChI=1S/C15H18ClNO3/c1-10(9-11-5-2-3-6-12(11)16)14(18)17-8-4-7-13(17)15(19)20/h2-3,5-6,10,13H,4,7-9H2,1H3,(H,19,20). The molecule has 2 rings (SSSR count). The SMILES string of the molecule is CC(Cc1ccccc1Cl)C(=O)N1CCCC1C(=O)O. The minimum Gasteiger partial charge on any atom is -0.480 e. The number of amides is 1. The molecule has 0 saturated carbocycles. The van der Waals surface area contributed by atoms with Crippen LogP contribution >= 0.6 is 11.6 Å². The largest absolute Gasteiger partial charge is 0.480 e. The predicted molar refractivity (Wildman–Crippen MR) is 76.7 cm³/mol. The normalized spacial score (nSPS) is 19.9. The zero-order chi connectivity index (χ0) is 14.7. The lowest BCUT2D eigenvalue weighted by Crippen LogP contribution is -2.43. The van der Waals surface area contributed by atoms with E-state index in [-0.39, 0.29) is 11.8 Å². The average molecular weight is 296 g/mol. The number of hydrogen-bond acceptors (Lipinski definition) is 2. The van der Waals surface area contributed by atoms with Gasteiger partial charge in [-0.25, -0.2) is 4.79 Å². The van der Waals surface area contributed by atoms with Gasteiger partial charge >= 0.3 is 5.97 Å². The van der Waals surface area contributed by atoms with Crippen LogP contribution < -0.4 is 0 Å². The first kappa shape index (κ1) is 14.9. The van der Waals surface area contributed by atoms with Crippen molar-refractivity contribution in [2.75, 3.05) is 6.54 Å². The van der Waals surface area contributed by atoms with Crippen molar-refractivity contribution >= 4 is 23.5 Å². The molecule has 2 atom stereocenters. The molecule has 1 aliphatic rings. The molecule has 1 aromatic rings. The molecule has 1 amide bonds. The van der Waals surface area contributed by atoms with Gasteiger partial charge in [0.15, 0.2) is 0 Å². The van der Waals surface area contributed by atoms with Crippen LogP contribution in [0.1, 0.15) is 25.3 Å². The molecule has 0 spiro atoms. The maximum Gasteiger partial charge on any atom is 0.326 e. The lowest BCUT2D eigenvalue weighted by molar-refractivity contribution is -0.149. The van der Waals surface area contributed by atoms with Crippen molar-refractivity contribution in [1.82, 2.24) is 4.90 Å². The summed E-state index contributed by atoms with van der Waals surface area (Å²) < 4.78 is 0. The number of carbonyl (C=O) groups is 2. The second-order valence-electron chi connectivity index (χ2n) is 5.22. The number of aliphatic carboxylic acids is 1. The molecule has 108 valence electrons. The lowest BCUT2D eigenvalue weighted by Gasteiger charge is -2.25. The minimum atomic E-state index is -0.916. The van der Waals surface area contributed by atoms with Crippen molar-refractivity contribution in [3.63, 3.8) is 0 Å². The maximum atomic E-state index is 12.4. The fourth-order valence-electron chi connectivity index (χ4n) is 2.65. The summed E-state index contributed by atoms with van der Waals surface area (Å²) in [5, 5.41) is 9.78. The van der Waals surface area contributed by atoms with Crippen LogP contribution in [0.25, 0.3) is 0 Å². The highest BCUT2D eigenvalue weighted by atomic mass is 35.5. The Morgan fingerprint density at radius 2 is 2.15 bits per heavy atom. The van der Waals surface area contributed by atoms with Crippen molar-refractivity contribution in [3.8, 4) is 0 Å². The molecular weight excluding hydrogens is 278 g/mol. The molecule has 1 fully saturated rings. The highest BCUT2D eigenvalue weighted by Crippen LogP contribution is 2.24. The van der Waals surface area contributed by atoms with Crippen molar-refractivity contribution in [3.05, 3.63) is 34.9 Å². The van der Waals surface area contributed by atoms with Gasteiger partial charge in [-0.05, 0) is 30.9 Å². The minimum absolute atomic E-state index is 0.102. The molecule has 1 aliphatic heterocycles. The summed E-state index contributed by atoms with van der Waals surface area (Å²) >= 11 is 6.09. The molecule has 20 heavy (non-hydrogen) atoms. The monoisotopic (exact) mass is 295 g/mol. The number of hydrogen-bond donors (Lipinski definition) is 1. The van der Waals surface area contributed by atoms with E-state index in [0.29, 0.717) is 24.4 Å². The Balaban J connectivity index is 2.05. The highest BCUT2D eigenvalue weighted by molar-refractivity contribution is 6.31. The summed E-state index contributed by atoms with van der Waals surface area (Å²) in [5.74, 6) is -1.29. The van der Waals surface area contributed by atoms with Crippen molar-refractivity contribution in [2.45, 2.75) is 32.2 Å². The van der Waals surface area contributed by atoms with Gasteiger partial charge in [0.2, 0.25) is 5.91 Å². The van der Waals surface area contributed by atoms with Gasteiger partial charge in [0.1, 0.15) is 6.04 Å². The number of carbonyl (C=O) groups excluding carboxylic acids is 1. The highest BCUT2D eigenvalue weighted by Gasteiger charge is 2.35. The van der Waals surface area contributed by atoms with Crippen LogP contribution in [0.5, 0.6) is 0 Å². The van der Waals surface area contributed by atoms with Gasteiger partial charge in [-0.3, -0.25) is 4.79 Å². The van der Waals surface area contributed by atoms with E-state index in [1.807, 2.05) is 25.1 Å². The molecule has 1 saturated heterocycles. The molecule has 1 heterocycles. The first-order valence-corrected chi connectivity index (χ1v) is 7.15. The first-order chi connectivity index (χ1) is 9.50. The van der Waals surface area contributed by atoms with E-state index in [9.17, 15) is 9.59 Å². The van der Waals surface area contributed by atoms with Crippen LogP contribution in [-0.4, -0.2) is 34.5 Å². The van der Waals surface area contributed by atoms with E-state index < -0.39 is 12.0 Å². The Hall–Kier alpha value is -1.55. The fraction of sp³-hybridized carbons (Fsp3) is 0.467. The summed E-state index contributed by atoms with van der Waals surface area (Å²) in [5.41, 5.74) is 0.918. The third-order valence-electron chi connectivity index (χ3n) is 3.73. The molecule has 0 aromatic heterocycles. The molecule has 2 unspecified atom stereocenters. The van der Waals surface area contributed by atoms with Crippen LogP contribution in [0.2, 0.25) is 5.02 Å².